The van der Waals surface area contributed by atoms with Gasteiger partial charge in [0.25, 0.3) is 0 Å². The van der Waals surface area contributed by atoms with E-state index in [1.165, 1.54) is 13.2 Å². The molecule has 1 aromatic heterocycles. The third-order valence-electron chi connectivity index (χ3n) is 4.93. The summed E-state index contributed by atoms with van der Waals surface area (Å²) in [4.78, 5) is 18.8. The topological polar surface area (TPSA) is 47.4 Å². The van der Waals surface area contributed by atoms with E-state index in [0.29, 0.717) is 11.5 Å². The first-order valence-corrected chi connectivity index (χ1v) is 8.62. The molecule has 1 fully saturated rings. The van der Waals surface area contributed by atoms with E-state index >= 15 is 0 Å². The molecule has 1 aliphatic heterocycles. The minimum absolute atomic E-state index is 0.371. The lowest BCUT2D eigenvalue weighted by Gasteiger charge is -2.37. The van der Waals surface area contributed by atoms with Crippen molar-refractivity contribution in [3.8, 4) is 0 Å². The van der Waals surface area contributed by atoms with E-state index in [9.17, 15) is 9.18 Å². The minimum atomic E-state index is -0.699. The van der Waals surface area contributed by atoms with E-state index in [-0.39, 0.29) is 5.82 Å². The summed E-state index contributed by atoms with van der Waals surface area (Å²) >= 11 is 0. The first kappa shape index (κ1) is 17.6. The van der Waals surface area contributed by atoms with Crippen molar-refractivity contribution in [2.45, 2.75) is 25.3 Å². The minimum Gasteiger partial charge on any atom is -0.468 e. The van der Waals surface area contributed by atoms with E-state index in [0.717, 1.165) is 38.2 Å². The van der Waals surface area contributed by atoms with E-state index in [1.807, 2.05) is 22.7 Å². The van der Waals surface area contributed by atoms with Gasteiger partial charge >= 0.3 is 5.97 Å². The van der Waals surface area contributed by atoms with Crippen molar-refractivity contribution in [3.63, 3.8) is 0 Å². The number of hydrogen-bond acceptors (Lipinski definition) is 4. The Morgan fingerprint density at radius 1 is 1.44 bits per heavy atom. The molecular weight excluding hydrogens is 321 g/mol. The second-order valence-electron chi connectivity index (χ2n) is 6.61. The predicted octanol–water partition coefficient (Wildman–Crippen LogP) is 2.73. The fourth-order valence-electron chi connectivity index (χ4n) is 3.63. The van der Waals surface area contributed by atoms with Crippen molar-refractivity contribution in [3.05, 3.63) is 53.9 Å². The molecule has 0 aliphatic carbocycles. The van der Waals surface area contributed by atoms with Crippen LogP contribution in [0.4, 0.5) is 4.39 Å². The zero-order chi connectivity index (χ0) is 17.8. The van der Waals surface area contributed by atoms with Gasteiger partial charge in [-0.3, -0.25) is 4.90 Å². The number of likely N-dealkylation sites (tertiary alicyclic amines) is 1. The average Bonchev–Trinajstić information content (AvgIpc) is 3.02. The second-order valence-corrected chi connectivity index (χ2v) is 6.61. The summed E-state index contributed by atoms with van der Waals surface area (Å²) in [7, 11) is 3.34. The molecule has 25 heavy (non-hydrogen) atoms. The average molecular weight is 345 g/mol. The predicted molar refractivity (Wildman–Crippen MR) is 92.4 cm³/mol. The number of hydrogen-bond donors (Lipinski definition) is 0. The van der Waals surface area contributed by atoms with Crippen molar-refractivity contribution in [2.24, 2.45) is 13.0 Å². The number of methoxy groups -OCH3 is 1. The van der Waals surface area contributed by atoms with Crippen LogP contribution in [0.2, 0.25) is 0 Å². The first-order chi connectivity index (χ1) is 12.1. The van der Waals surface area contributed by atoms with Crippen molar-refractivity contribution >= 4 is 5.97 Å². The van der Waals surface area contributed by atoms with Crippen molar-refractivity contribution in [1.82, 2.24) is 14.5 Å². The molecule has 1 aliphatic rings. The van der Waals surface area contributed by atoms with Crippen LogP contribution in [-0.4, -0.2) is 40.6 Å². The molecule has 1 aromatic carbocycles. The van der Waals surface area contributed by atoms with Gasteiger partial charge in [-0.2, -0.15) is 0 Å². The highest BCUT2D eigenvalue weighted by atomic mass is 19.1. The van der Waals surface area contributed by atoms with Gasteiger partial charge in [-0.15, -0.1) is 0 Å². The highest BCUT2D eigenvalue weighted by Crippen LogP contribution is 2.30. The Balaban J connectivity index is 1.80. The van der Waals surface area contributed by atoms with E-state index < -0.39 is 12.0 Å². The number of aromatic nitrogens is 2. The van der Waals surface area contributed by atoms with Crippen LogP contribution in [0.3, 0.4) is 0 Å². The SMILES string of the molecule is COC(=O)[C@H](c1ccccc1F)N1CCC[C@H](Cc2nccn2C)C1. The van der Waals surface area contributed by atoms with E-state index in [4.69, 9.17) is 4.74 Å². The van der Waals surface area contributed by atoms with Crippen molar-refractivity contribution < 1.29 is 13.9 Å². The van der Waals surface area contributed by atoms with Gasteiger partial charge in [0.1, 0.15) is 17.7 Å². The first-order valence-electron chi connectivity index (χ1n) is 8.62. The molecule has 3 rings (SSSR count). The number of imidazole rings is 1. The number of nitrogens with zero attached hydrogens (tertiary/aromatic N) is 3. The summed E-state index contributed by atoms with van der Waals surface area (Å²) in [5, 5.41) is 0. The Morgan fingerprint density at radius 2 is 2.24 bits per heavy atom. The quantitative estimate of drug-likeness (QED) is 0.782. The highest BCUT2D eigenvalue weighted by molar-refractivity contribution is 5.77. The lowest BCUT2D eigenvalue weighted by atomic mass is 9.92. The van der Waals surface area contributed by atoms with Gasteiger partial charge in [0.2, 0.25) is 0 Å². The van der Waals surface area contributed by atoms with Crippen LogP contribution in [0.1, 0.15) is 30.3 Å². The van der Waals surface area contributed by atoms with Gasteiger partial charge in [0.05, 0.1) is 7.11 Å². The molecule has 2 heterocycles. The van der Waals surface area contributed by atoms with Gasteiger partial charge in [0.15, 0.2) is 0 Å². The highest BCUT2D eigenvalue weighted by Gasteiger charge is 2.34. The number of halogens is 1. The van der Waals surface area contributed by atoms with Gasteiger partial charge < -0.3 is 9.30 Å². The summed E-state index contributed by atoms with van der Waals surface area (Å²) in [6.07, 6.45) is 6.63. The third kappa shape index (κ3) is 3.90. The fraction of sp³-hybridized carbons (Fsp3) is 0.474. The number of piperidine rings is 1. The Labute approximate surface area is 147 Å². The van der Waals surface area contributed by atoms with Crippen molar-refractivity contribution in [1.29, 1.82) is 0 Å². The normalized spacial score (nSPS) is 19.6. The number of carbonyl (C=O) groups is 1. The Morgan fingerprint density at radius 3 is 2.92 bits per heavy atom. The Bertz CT molecular complexity index is 731. The van der Waals surface area contributed by atoms with E-state index in [1.54, 1.807) is 24.4 Å². The summed E-state index contributed by atoms with van der Waals surface area (Å²) in [6.45, 7) is 1.48. The summed E-state index contributed by atoms with van der Waals surface area (Å²) < 4.78 is 21.3. The number of ether oxygens (including phenoxy) is 1. The Kier molecular flexibility index (Phi) is 5.48. The molecule has 5 nitrogen and oxygen atoms in total. The Hall–Kier alpha value is -2.21. The van der Waals surface area contributed by atoms with Crippen molar-refractivity contribution in [2.75, 3.05) is 20.2 Å². The van der Waals surface area contributed by atoms with Gasteiger partial charge in [-0.25, -0.2) is 14.2 Å². The molecule has 1 saturated heterocycles. The molecule has 0 amide bonds. The molecule has 2 aromatic rings. The van der Waals surface area contributed by atoms with Gasteiger partial charge in [-0.05, 0) is 31.4 Å². The lowest BCUT2D eigenvalue weighted by molar-refractivity contribution is -0.148. The van der Waals surface area contributed by atoms with Crippen LogP contribution in [-0.2, 0) is 23.0 Å². The van der Waals surface area contributed by atoms with Crippen LogP contribution in [0.15, 0.2) is 36.7 Å². The number of esters is 1. The molecule has 0 spiro atoms. The maximum absolute atomic E-state index is 14.3. The summed E-state index contributed by atoms with van der Waals surface area (Å²) in [5.74, 6) is 0.632. The third-order valence-corrected chi connectivity index (χ3v) is 4.93. The molecule has 6 heteroatoms. The van der Waals surface area contributed by atoms with Crippen LogP contribution < -0.4 is 0 Å². The zero-order valence-corrected chi connectivity index (χ0v) is 14.7. The summed E-state index contributed by atoms with van der Waals surface area (Å²) in [6, 6.07) is 5.74. The smallest absolute Gasteiger partial charge is 0.327 e. The molecule has 134 valence electrons. The zero-order valence-electron chi connectivity index (χ0n) is 14.7. The molecule has 0 bridgehead atoms. The second kappa shape index (κ2) is 7.78. The van der Waals surface area contributed by atoms with E-state index in [2.05, 4.69) is 4.98 Å². The van der Waals surface area contributed by atoms with Gasteiger partial charge in [0, 0.05) is 38.0 Å². The van der Waals surface area contributed by atoms with Crippen LogP contribution >= 0.6 is 0 Å². The van der Waals surface area contributed by atoms with Crippen LogP contribution in [0, 0.1) is 11.7 Å². The molecule has 0 unspecified atom stereocenters. The maximum Gasteiger partial charge on any atom is 0.327 e. The van der Waals surface area contributed by atoms with Crippen LogP contribution in [0.25, 0.3) is 0 Å². The number of benzene rings is 1. The lowest BCUT2D eigenvalue weighted by Crippen LogP contribution is -2.42. The van der Waals surface area contributed by atoms with Gasteiger partial charge in [-0.1, -0.05) is 18.2 Å². The molecular formula is C19H24FN3O2. The monoisotopic (exact) mass is 345 g/mol. The summed E-state index contributed by atoms with van der Waals surface area (Å²) in [5.41, 5.74) is 0.381. The van der Waals surface area contributed by atoms with Crippen LogP contribution in [0.5, 0.6) is 0 Å². The number of aryl methyl sites for hydroxylation is 1. The fourth-order valence-corrected chi connectivity index (χ4v) is 3.63. The molecule has 0 saturated carbocycles. The molecule has 0 radical (unpaired) electrons. The number of rotatable bonds is 5. The maximum atomic E-state index is 14.3. The number of carbonyl (C=O) groups excluding carboxylic acids is 1. The largest absolute Gasteiger partial charge is 0.468 e. The molecule has 2 atom stereocenters. The molecule has 0 N–H and O–H groups in total. The standard InChI is InChI=1S/C19H24FN3O2/c1-22-11-9-21-17(22)12-14-6-5-10-23(13-14)18(19(24)25-2)15-7-3-4-8-16(15)20/h3-4,7-9,11,14,18H,5-6,10,12-13H2,1-2H3/t14-,18+/m1/s1.